The molecule has 1 saturated carbocycles. The Morgan fingerprint density at radius 3 is 2.63 bits per heavy atom. The second-order valence-electron chi connectivity index (χ2n) is 8.51. The minimum atomic E-state index is -1.25. The van der Waals surface area contributed by atoms with Crippen molar-refractivity contribution in [3.05, 3.63) is 63.8 Å². The molecule has 2 aliphatic rings. The Balaban J connectivity index is 1.84. The summed E-state index contributed by atoms with van der Waals surface area (Å²) in [5, 5.41) is 14.3. The Morgan fingerprint density at radius 1 is 1.27 bits per heavy atom. The van der Waals surface area contributed by atoms with Crippen LogP contribution in [0.4, 0.5) is 4.39 Å². The van der Waals surface area contributed by atoms with E-state index in [1.165, 1.54) is 18.3 Å². The van der Waals surface area contributed by atoms with E-state index in [0.29, 0.717) is 29.1 Å². The van der Waals surface area contributed by atoms with Gasteiger partial charge in [0, 0.05) is 29.3 Å². The van der Waals surface area contributed by atoms with Gasteiger partial charge in [0.05, 0.1) is 29.7 Å². The van der Waals surface area contributed by atoms with Gasteiger partial charge in [-0.2, -0.15) is 5.10 Å². The molecule has 0 amide bonds. The van der Waals surface area contributed by atoms with Crippen LogP contribution in [0.1, 0.15) is 54.7 Å². The highest BCUT2D eigenvalue weighted by molar-refractivity contribution is 5.89. The average Bonchev–Trinajstić information content (AvgIpc) is 3.47. The van der Waals surface area contributed by atoms with Gasteiger partial charge in [0.2, 0.25) is 0 Å². The zero-order chi connectivity index (χ0) is 21.2. The summed E-state index contributed by atoms with van der Waals surface area (Å²) in [4.78, 5) is 24.2. The van der Waals surface area contributed by atoms with Crippen molar-refractivity contribution in [3.63, 3.8) is 0 Å². The molecule has 1 atom stereocenters. The molecule has 1 aliphatic carbocycles. The van der Waals surface area contributed by atoms with E-state index < -0.39 is 11.4 Å². The van der Waals surface area contributed by atoms with Gasteiger partial charge >= 0.3 is 5.97 Å². The fraction of sp³-hybridized carbons (Fsp3) is 0.348. The van der Waals surface area contributed by atoms with Gasteiger partial charge < -0.3 is 9.67 Å². The van der Waals surface area contributed by atoms with Crippen molar-refractivity contribution in [1.82, 2.24) is 14.3 Å². The summed E-state index contributed by atoms with van der Waals surface area (Å²) in [5.41, 5.74) is 2.51. The second kappa shape index (κ2) is 6.65. The van der Waals surface area contributed by atoms with Crippen LogP contribution in [0.15, 0.2) is 41.3 Å². The first-order chi connectivity index (χ1) is 14.4. The van der Waals surface area contributed by atoms with Crippen molar-refractivity contribution >= 4 is 5.97 Å². The van der Waals surface area contributed by atoms with Crippen LogP contribution >= 0.6 is 0 Å². The molecule has 0 unspecified atom stereocenters. The molecule has 1 aliphatic heterocycles. The highest BCUT2D eigenvalue weighted by Crippen LogP contribution is 2.49. The number of carboxylic acids is 1. The number of nitrogens with zero attached hydrogens (tertiary/aromatic N) is 3. The normalized spacial score (nSPS) is 17.7. The Morgan fingerprint density at radius 2 is 2.00 bits per heavy atom. The zero-order valence-corrected chi connectivity index (χ0v) is 16.8. The number of fused-ring (bicyclic) bond motifs is 3. The van der Waals surface area contributed by atoms with Crippen LogP contribution in [-0.2, 0) is 6.54 Å². The monoisotopic (exact) mass is 407 g/mol. The van der Waals surface area contributed by atoms with Gasteiger partial charge in [0.15, 0.2) is 5.43 Å². The lowest BCUT2D eigenvalue weighted by atomic mass is 9.95. The molecule has 1 fully saturated rings. The molecule has 0 saturated heterocycles. The first-order valence-electron chi connectivity index (χ1n) is 10.2. The summed E-state index contributed by atoms with van der Waals surface area (Å²) in [6, 6.07) is 7.91. The number of hydrogen-bond donors (Lipinski definition) is 1. The molecule has 1 N–H and O–H groups in total. The standard InChI is InChI=1S/C23H22FN3O3/c1-12(2)18-11-27-22(17-9-19(28)15(23(29)30)10-26(17)18)20(21(25-27)13-7-8-13)14-5-3-4-6-16(14)24/h3-6,9-10,12-13,18H,7-8,11H2,1-2H3,(H,29,30)/t18-/m0/s1. The summed E-state index contributed by atoms with van der Waals surface area (Å²) in [6.45, 7) is 4.65. The minimum absolute atomic E-state index is 0.0633. The molecular weight excluding hydrogens is 385 g/mol. The predicted molar refractivity (Wildman–Crippen MR) is 110 cm³/mol. The van der Waals surface area contributed by atoms with E-state index in [1.807, 2.05) is 9.25 Å². The van der Waals surface area contributed by atoms with Crippen LogP contribution in [0.25, 0.3) is 22.5 Å². The summed E-state index contributed by atoms with van der Waals surface area (Å²) in [7, 11) is 0. The van der Waals surface area contributed by atoms with E-state index in [1.54, 1.807) is 18.2 Å². The topological polar surface area (TPSA) is 77.1 Å². The molecule has 0 radical (unpaired) electrons. The number of aromatic carboxylic acids is 1. The first-order valence-corrected chi connectivity index (χ1v) is 10.2. The summed E-state index contributed by atoms with van der Waals surface area (Å²) in [5.74, 6) is -1.11. The largest absolute Gasteiger partial charge is 0.477 e. The third-order valence-corrected chi connectivity index (χ3v) is 6.13. The minimum Gasteiger partial charge on any atom is -0.477 e. The quantitative estimate of drug-likeness (QED) is 0.699. The van der Waals surface area contributed by atoms with Gasteiger partial charge in [0.25, 0.3) is 0 Å². The molecule has 2 aromatic heterocycles. The van der Waals surface area contributed by atoms with E-state index in [9.17, 15) is 19.1 Å². The SMILES string of the molecule is CC(C)[C@@H]1Cn2nc(C3CC3)c(-c3ccccc3F)c2-c2cc(=O)c(C(=O)O)cn21. The van der Waals surface area contributed by atoms with Crippen LogP contribution in [0, 0.1) is 11.7 Å². The summed E-state index contributed by atoms with van der Waals surface area (Å²) in [6.07, 6.45) is 3.45. The lowest BCUT2D eigenvalue weighted by Crippen LogP contribution is -2.31. The number of rotatable bonds is 4. The van der Waals surface area contributed by atoms with Gasteiger partial charge in [-0.25, -0.2) is 9.18 Å². The molecule has 1 aromatic carbocycles. The van der Waals surface area contributed by atoms with Crippen molar-refractivity contribution in [2.45, 2.75) is 45.2 Å². The van der Waals surface area contributed by atoms with Crippen molar-refractivity contribution in [1.29, 1.82) is 0 Å². The van der Waals surface area contributed by atoms with E-state index in [2.05, 4.69) is 13.8 Å². The maximum absolute atomic E-state index is 14.8. The van der Waals surface area contributed by atoms with Crippen LogP contribution in [0.2, 0.25) is 0 Å². The third kappa shape index (κ3) is 2.80. The van der Waals surface area contributed by atoms with E-state index in [-0.39, 0.29) is 29.3 Å². The Labute approximate surface area is 172 Å². The summed E-state index contributed by atoms with van der Waals surface area (Å²) < 4.78 is 18.6. The van der Waals surface area contributed by atoms with Crippen molar-refractivity contribution in [3.8, 4) is 22.5 Å². The maximum atomic E-state index is 14.8. The van der Waals surface area contributed by atoms with Crippen LogP contribution in [0.3, 0.4) is 0 Å². The molecule has 30 heavy (non-hydrogen) atoms. The number of hydrogen-bond acceptors (Lipinski definition) is 3. The molecule has 154 valence electrons. The van der Waals surface area contributed by atoms with Gasteiger partial charge in [0.1, 0.15) is 11.4 Å². The van der Waals surface area contributed by atoms with E-state index in [4.69, 9.17) is 5.10 Å². The highest BCUT2D eigenvalue weighted by atomic mass is 19.1. The van der Waals surface area contributed by atoms with Gasteiger partial charge in [-0.3, -0.25) is 9.48 Å². The average molecular weight is 407 g/mol. The molecule has 0 spiro atoms. The number of benzene rings is 1. The van der Waals surface area contributed by atoms with E-state index >= 15 is 0 Å². The molecule has 3 heterocycles. The molecular formula is C23H22FN3O3. The molecule has 6 nitrogen and oxygen atoms in total. The highest BCUT2D eigenvalue weighted by Gasteiger charge is 2.37. The smallest absolute Gasteiger partial charge is 0.341 e. The molecule has 5 rings (SSSR count). The molecule has 3 aromatic rings. The number of carboxylic acid groups (broad SMARTS) is 1. The predicted octanol–water partition coefficient (Wildman–Crippen LogP) is 4.30. The fourth-order valence-electron chi connectivity index (χ4n) is 4.42. The van der Waals surface area contributed by atoms with Gasteiger partial charge in [-0.1, -0.05) is 32.0 Å². The Kier molecular flexibility index (Phi) is 4.17. The maximum Gasteiger partial charge on any atom is 0.341 e. The number of pyridine rings is 1. The van der Waals surface area contributed by atoms with Gasteiger partial charge in [-0.15, -0.1) is 0 Å². The zero-order valence-electron chi connectivity index (χ0n) is 16.8. The second-order valence-corrected chi connectivity index (χ2v) is 8.51. The van der Waals surface area contributed by atoms with Crippen molar-refractivity contribution < 1.29 is 14.3 Å². The van der Waals surface area contributed by atoms with Crippen LogP contribution in [-0.4, -0.2) is 25.4 Å². The molecule has 0 bridgehead atoms. The van der Waals surface area contributed by atoms with Crippen LogP contribution < -0.4 is 5.43 Å². The number of aromatic nitrogens is 3. The van der Waals surface area contributed by atoms with Crippen molar-refractivity contribution in [2.75, 3.05) is 0 Å². The lowest BCUT2D eigenvalue weighted by Gasteiger charge is -2.32. The van der Waals surface area contributed by atoms with Crippen molar-refractivity contribution in [2.24, 2.45) is 5.92 Å². The Hall–Kier alpha value is -3.22. The summed E-state index contributed by atoms with van der Waals surface area (Å²) >= 11 is 0. The third-order valence-electron chi connectivity index (χ3n) is 6.13. The lowest BCUT2D eigenvalue weighted by molar-refractivity contribution is 0.0694. The fourth-order valence-corrected chi connectivity index (χ4v) is 4.42. The van der Waals surface area contributed by atoms with E-state index in [0.717, 1.165) is 18.5 Å². The van der Waals surface area contributed by atoms with Gasteiger partial charge in [-0.05, 0) is 24.8 Å². The molecule has 7 heteroatoms. The Bertz CT molecular complexity index is 1240. The van der Waals surface area contributed by atoms with Crippen LogP contribution in [0.5, 0.6) is 0 Å². The first kappa shape index (κ1) is 18.8. The number of carbonyl (C=O) groups is 1. The number of halogens is 1.